The maximum Gasteiger partial charge on any atom is 0.214 e. The third-order valence-electron chi connectivity index (χ3n) is 3.83. The second-order valence-corrected chi connectivity index (χ2v) is 4.76. The number of hydrogen-bond donors (Lipinski definition) is 0. The van der Waals surface area contributed by atoms with Crippen molar-refractivity contribution in [1.82, 2.24) is 18.9 Å². The van der Waals surface area contributed by atoms with Gasteiger partial charge in [0.2, 0.25) is 5.78 Å². The molecule has 0 aliphatic rings. The van der Waals surface area contributed by atoms with Crippen molar-refractivity contribution in [2.75, 3.05) is 19.6 Å². The fourth-order valence-corrected chi connectivity index (χ4v) is 2.69. The lowest BCUT2D eigenvalue weighted by Gasteiger charge is -2.18. The summed E-state index contributed by atoms with van der Waals surface area (Å²) < 4.78 is 4.48. The molecule has 1 aromatic carbocycles. The van der Waals surface area contributed by atoms with Crippen LogP contribution in [0.4, 0.5) is 0 Å². The van der Waals surface area contributed by atoms with Crippen molar-refractivity contribution in [3.8, 4) is 0 Å². The molecule has 0 N–H and O–H groups in total. The van der Waals surface area contributed by atoms with Gasteiger partial charge < -0.3 is 9.47 Å². The summed E-state index contributed by atoms with van der Waals surface area (Å²) in [6, 6.07) is 8.50. The summed E-state index contributed by atoms with van der Waals surface area (Å²) in [7, 11) is 0. The Bertz CT molecular complexity index is 676. The zero-order chi connectivity index (χ0) is 13.2. The first kappa shape index (κ1) is 12.2. The maximum atomic E-state index is 4.49. The first-order valence-electron chi connectivity index (χ1n) is 6.97. The minimum atomic E-state index is 0.982. The lowest BCUT2D eigenvalue weighted by atomic mass is 10.3. The summed E-state index contributed by atoms with van der Waals surface area (Å²) in [6.45, 7) is 8.66. The SMILES string of the molecule is CCN(CC)CCn1c2ccccc2n2ccnc12. The monoisotopic (exact) mass is 256 g/mol. The molecule has 0 saturated heterocycles. The quantitative estimate of drug-likeness (QED) is 0.701. The average molecular weight is 256 g/mol. The van der Waals surface area contributed by atoms with Gasteiger partial charge in [0.15, 0.2) is 0 Å². The van der Waals surface area contributed by atoms with E-state index in [4.69, 9.17) is 0 Å². The van der Waals surface area contributed by atoms with E-state index in [-0.39, 0.29) is 0 Å². The molecule has 4 nitrogen and oxygen atoms in total. The standard InChI is InChI=1S/C15H20N4/c1-3-17(4-2)11-12-19-14-8-6-5-7-13(14)18-10-9-16-15(18)19/h5-10H,3-4,11-12H2,1-2H3. The highest BCUT2D eigenvalue weighted by Gasteiger charge is 2.11. The highest BCUT2D eigenvalue weighted by atomic mass is 15.2. The first-order valence-corrected chi connectivity index (χ1v) is 6.97. The van der Waals surface area contributed by atoms with Gasteiger partial charge in [-0.3, -0.25) is 4.40 Å². The normalized spacial score (nSPS) is 11.9. The fourth-order valence-electron chi connectivity index (χ4n) is 2.69. The Balaban J connectivity index is 2.02. The van der Waals surface area contributed by atoms with Crippen LogP contribution in [0.5, 0.6) is 0 Å². The van der Waals surface area contributed by atoms with Crippen LogP contribution in [0.3, 0.4) is 0 Å². The number of aromatic nitrogens is 3. The number of likely N-dealkylation sites (N-methyl/N-ethyl adjacent to an activating group) is 1. The van der Waals surface area contributed by atoms with E-state index < -0.39 is 0 Å². The largest absolute Gasteiger partial charge is 0.308 e. The molecular weight excluding hydrogens is 236 g/mol. The van der Waals surface area contributed by atoms with Crippen molar-refractivity contribution < 1.29 is 0 Å². The second-order valence-electron chi connectivity index (χ2n) is 4.76. The Morgan fingerprint density at radius 1 is 1.11 bits per heavy atom. The van der Waals surface area contributed by atoms with Crippen molar-refractivity contribution in [2.24, 2.45) is 0 Å². The molecule has 19 heavy (non-hydrogen) atoms. The predicted octanol–water partition coefficient (Wildman–Crippen LogP) is 2.63. The van der Waals surface area contributed by atoms with E-state index >= 15 is 0 Å². The lowest BCUT2D eigenvalue weighted by Crippen LogP contribution is -2.27. The highest BCUT2D eigenvalue weighted by Crippen LogP contribution is 2.19. The van der Waals surface area contributed by atoms with Crippen LogP contribution in [-0.2, 0) is 6.54 Å². The molecule has 0 atom stereocenters. The molecule has 2 heterocycles. The van der Waals surface area contributed by atoms with E-state index in [0.717, 1.165) is 32.0 Å². The summed E-state index contributed by atoms with van der Waals surface area (Å²) in [5.41, 5.74) is 2.49. The van der Waals surface area contributed by atoms with E-state index in [2.05, 4.69) is 57.0 Å². The Labute approximate surface area is 113 Å². The molecule has 0 aliphatic carbocycles. The summed E-state index contributed by atoms with van der Waals surface area (Å²) in [5, 5.41) is 0. The van der Waals surface area contributed by atoms with Crippen LogP contribution in [0.2, 0.25) is 0 Å². The van der Waals surface area contributed by atoms with E-state index in [1.54, 1.807) is 0 Å². The third-order valence-corrected chi connectivity index (χ3v) is 3.83. The van der Waals surface area contributed by atoms with Gasteiger partial charge in [-0.15, -0.1) is 0 Å². The van der Waals surface area contributed by atoms with Gasteiger partial charge in [-0.05, 0) is 25.2 Å². The molecule has 0 amide bonds. The van der Waals surface area contributed by atoms with Gasteiger partial charge in [0, 0.05) is 25.5 Å². The molecule has 3 aromatic rings. The third kappa shape index (κ3) is 2.02. The average Bonchev–Trinajstić information content (AvgIpc) is 3.02. The highest BCUT2D eigenvalue weighted by molar-refractivity contribution is 5.80. The molecule has 0 spiro atoms. The van der Waals surface area contributed by atoms with Crippen LogP contribution in [-0.4, -0.2) is 38.5 Å². The van der Waals surface area contributed by atoms with Gasteiger partial charge in [0.05, 0.1) is 11.0 Å². The molecule has 2 aromatic heterocycles. The first-order chi connectivity index (χ1) is 9.35. The molecule has 100 valence electrons. The number of rotatable bonds is 5. The van der Waals surface area contributed by atoms with Crippen LogP contribution in [0.1, 0.15) is 13.8 Å². The number of benzene rings is 1. The Morgan fingerprint density at radius 3 is 2.58 bits per heavy atom. The van der Waals surface area contributed by atoms with Gasteiger partial charge in [0.25, 0.3) is 0 Å². The van der Waals surface area contributed by atoms with Crippen molar-refractivity contribution in [3.05, 3.63) is 36.7 Å². The molecule has 0 fully saturated rings. The number of imidazole rings is 2. The molecule has 0 bridgehead atoms. The minimum absolute atomic E-state index is 0.982. The zero-order valence-corrected chi connectivity index (χ0v) is 11.6. The molecule has 0 saturated carbocycles. The minimum Gasteiger partial charge on any atom is -0.308 e. The van der Waals surface area contributed by atoms with Crippen LogP contribution >= 0.6 is 0 Å². The summed E-state index contributed by atoms with van der Waals surface area (Å²) in [5.74, 6) is 1.04. The molecule has 0 radical (unpaired) electrons. The zero-order valence-electron chi connectivity index (χ0n) is 11.6. The van der Waals surface area contributed by atoms with Crippen molar-refractivity contribution >= 4 is 16.8 Å². The van der Waals surface area contributed by atoms with E-state index in [9.17, 15) is 0 Å². The Hall–Kier alpha value is -1.81. The summed E-state index contributed by atoms with van der Waals surface area (Å²) in [6.07, 6.45) is 3.90. The van der Waals surface area contributed by atoms with E-state index in [0.29, 0.717) is 0 Å². The van der Waals surface area contributed by atoms with Crippen molar-refractivity contribution in [1.29, 1.82) is 0 Å². The van der Waals surface area contributed by atoms with Crippen molar-refractivity contribution in [3.63, 3.8) is 0 Å². The number of para-hydroxylation sites is 2. The summed E-state index contributed by atoms with van der Waals surface area (Å²) in [4.78, 5) is 6.93. The van der Waals surface area contributed by atoms with Gasteiger partial charge in [-0.2, -0.15) is 0 Å². The number of hydrogen-bond acceptors (Lipinski definition) is 2. The van der Waals surface area contributed by atoms with Crippen LogP contribution in [0, 0.1) is 0 Å². The molecule has 0 aliphatic heterocycles. The van der Waals surface area contributed by atoms with Gasteiger partial charge in [0.1, 0.15) is 0 Å². The summed E-state index contributed by atoms with van der Waals surface area (Å²) >= 11 is 0. The van der Waals surface area contributed by atoms with Crippen LogP contribution < -0.4 is 0 Å². The van der Waals surface area contributed by atoms with Crippen LogP contribution in [0.15, 0.2) is 36.7 Å². The number of nitrogens with zero attached hydrogens (tertiary/aromatic N) is 4. The second kappa shape index (κ2) is 5.05. The van der Waals surface area contributed by atoms with E-state index in [1.165, 1.54) is 11.0 Å². The van der Waals surface area contributed by atoms with Crippen LogP contribution in [0.25, 0.3) is 16.8 Å². The fraction of sp³-hybridized carbons (Fsp3) is 0.400. The van der Waals surface area contributed by atoms with Gasteiger partial charge >= 0.3 is 0 Å². The van der Waals surface area contributed by atoms with Crippen molar-refractivity contribution in [2.45, 2.75) is 20.4 Å². The molecular formula is C15H20N4. The van der Waals surface area contributed by atoms with Gasteiger partial charge in [-0.25, -0.2) is 4.98 Å². The molecule has 3 rings (SSSR count). The lowest BCUT2D eigenvalue weighted by molar-refractivity contribution is 0.293. The van der Waals surface area contributed by atoms with Gasteiger partial charge in [-0.1, -0.05) is 26.0 Å². The Kier molecular flexibility index (Phi) is 3.25. The number of fused-ring (bicyclic) bond motifs is 3. The molecule has 4 heteroatoms. The Morgan fingerprint density at radius 2 is 1.84 bits per heavy atom. The molecule has 0 unspecified atom stereocenters. The van der Waals surface area contributed by atoms with E-state index in [1.807, 2.05) is 12.4 Å². The smallest absolute Gasteiger partial charge is 0.214 e. The topological polar surface area (TPSA) is 25.5 Å². The maximum absolute atomic E-state index is 4.49. The predicted molar refractivity (Wildman–Crippen MR) is 78.5 cm³/mol.